The Balaban J connectivity index is 3.09. The summed E-state index contributed by atoms with van der Waals surface area (Å²) in [6.45, 7) is 8.15. The molecule has 0 aliphatic carbocycles. The molecule has 0 saturated heterocycles. The number of rotatable bonds is 6. The standard InChI is InChI=1S/C14H24N2O2S/c1-6-16(11(2)3)19(17,18)14-9-7-13(8-10-14)12(4)15-5/h7-12,15H,6H2,1-5H3. The van der Waals surface area contributed by atoms with Gasteiger partial charge in [-0.05, 0) is 45.5 Å². The molecule has 0 spiro atoms. The van der Waals surface area contributed by atoms with E-state index in [1.165, 1.54) is 4.31 Å². The molecule has 19 heavy (non-hydrogen) atoms. The van der Waals surface area contributed by atoms with E-state index in [9.17, 15) is 8.42 Å². The molecule has 1 rings (SSSR count). The Hall–Kier alpha value is -0.910. The zero-order valence-corrected chi connectivity index (χ0v) is 13.2. The number of hydrogen-bond acceptors (Lipinski definition) is 3. The van der Waals surface area contributed by atoms with E-state index in [1.54, 1.807) is 12.1 Å². The first-order valence-corrected chi connectivity index (χ1v) is 8.07. The number of benzene rings is 1. The van der Waals surface area contributed by atoms with Crippen LogP contribution in [0.3, 0.4) is 0 Å². The number of nitrogens with one attached hydrogen (secondary N) is 1. The Morgan fingerprint density at radius 2 is 1.68 bits per heavy atom. The molecule has 1 aromatic carbocycles. The van der Waals surface area contributed by atoms with Crippen molar-refractivity contribution in [3.8, 4) is 0 Å². The fourth-order valence-electron chi connectivity index (χ4n) is 2.04. The van der Waals surface area contributed by atoms with Gasteiger partial charge in [-0.15, -0.1) is 0 Å². The molecule has 108 valence electrons. The van der Waals surface area contributed by atoms with Gasteiger partial charge in [0.25, 0.3) is 0 Å². The largest absolute Gasteiger partial charge is 0.313 e. The second-order valence-corrected chi connectivity index (χ2v) is 6.77. The molecule has 1 N–H and O–H groups in total. The highest BCUT2D eigenvalue weighted by Gasteiger charge is 2.25. The SMILES string of the molecule is CCN(C(C)C)S(=O)(=O)c1ccc(C(C)NC)cc1. The van der Waals surface area contributed by atoms with Gasteiger partial charge in [0.1, 0.15) is 0 Å². The third-order valence-corrected chi connectivity index (χ3v) is 5.47. The Bertz CT molecular complexity index is 495. The van der Waals surface area contributed by atoms with Crippen LogP contribution in [0.25, 0.3) is 0 Å². The van der Waals surface area contributed by atoms with Crippen molar-refractivity contribution in [2.75, 3.05) is 13.6 Å². The minimum atomic E-state index is -3.39. The van der Waals surface area contributed by atoms with Crippen LogP contribution in [0.5, 0.6) is 0 Å². The smallest absolute Gasteiger partial charge is 0.243 e. The first kappa shape index (κ1) is 16.1. The van der Waals surface area contributed by atoms with Gasteiger partial charge in [-0.3, -0.25) is 0 Å². The predicted molar refractivity (Wildman–Crippen MR) is 78.6 cm³/mol. The maximum Gasteiger partial charge on any atom is 0.243 e. The topological polar surface area (TPSA) is 49.4 Å². The molecule has 4 nitrogen and oxygen atoms in total. The maximum atomic E-state index is 12.5. The molecule has 0 bridgehead atoms. The van der Waals surface area contributed by atoms with E-state index in [-0.39, 0.29) is 12.1 Å². The van der Waals surface area contributed by atoms with Gasteiger partial charge in [0.05, 0.1) is 4.90 Å². The molecule has 0 amide bonds. The second-order valence-electron chi connectivity index (χ2n) is 4.88. The van der Waals surface area contributed by atoms with Crippen LogP contribution in [-0.4, -0.2) is 32.4 Å². The lowest BCUT2D eigenvalue weighted by atomic mass is 10.1. The van der Waals surface area contributed by atoms with Crippen LogP contribution >= 0.6 is 0 Å². The lowest BCUT2D eigenvalue weighted by Crippen LogP contribution is -2.36. The number of sulfonamides is 1. The minimum Gasteiger partial charge on any atom is -0.313 e. The summed E-state index contributed by atoms with van der Waals surface area (Å²) in [5, 5.41) is 3.13. The van der Waals surface area contributed by atoms with Gasteiger partial charge < -0.3 is 5.32 Å². The summed E-state index contributed by atoms with van der Waals surface area (Å²) in [6.07, 6.45) is 0. The molecule has 0 aliphatic heterocycles. The first-order valence-electron chi connectivity index (χ1n) is 6.63. The van der Waals surface area contributed by atoms with Gasteiger partial charge in [0, 0.05) is 18.6 Å². The van der Waals surface area contributed by atoms with Crippen molar-refractivity contribution in [1.82, 2.24) is 9.62 Å². The third-order valence-electron chi connectivity index (χ3n) is 3.31. The monoisotopic (exact) mass is 284 g/mol. The third kappa shape index (κ3) is 3.55. The van der Waals surface area contributed by atoms with Crippen molar-refractivity contribution in [1.29, 1.82) is 0 Å². The van der Waals surface area contributed by atoms with Crippen LogP contribution in [-0.2, 0) is 10.0 Å². The highest BCUT2D eigenvalue weighted by atomic mass is 32.2. The molecule has 0 saturated carbocycles. The summed E-state index contributed by atoms with van der Waals surface area (Å²) in [5.74, 6) is 0. The molecule has 0 aromatic heterocycles. The van der Waals surface area contributed by atoms with Gasteiger partial charge in [-0.25, -0.2) is 8.42 Å². The summed E-state index contributed by atoms with van der Waals surface area (Å²) in [4.78, 5) is 0.357. The van der Waals surface area contributed by atoms with Crippen LogP contribution in [0.4, 0.5) is 0 Å². The van der Waals surface area contributed by atoms with E-state index in [1.807, 2.05) is 46.9 Å². The molecule has 1 aromatic rings. The van der Waals surface area contributed by atoms with E-state index in [0.29, 0.717) is 11.4 Å². The fourth-order valence-corrected chi connectivity index (χ4v) is 3.69. The lowest BCUT2D eigenvalue weighted by molar-refractivity contribution is 0.369. The normalized spacial score (nSPS) is 14.1. The second kappa shape index (κ2) is 6.50. The molecule has 0 aliphatic rings. The van der Waals surface area contributed by atoms with Crippen LogP contribution < -0.4 is 5.32 Å². The predicted octanol–water partition coefficient (Wildman–Crippen LogP) is 2.39. The number of nitrogens with zero attached hydrogens (tertiary/aromatic N) is 1. The van der Waals surface area contributed by atoms with Crippen molar-refractivity contribution in [2.45, 2.75) is 44.7 Å². The van der Waals surface area contributed by atoms with Gasteiger partial charge in [0.2, 0.25) is 10.0 Å². The van der Waals surface area contributed by atoms with Crippen LogP contribution in [0, 0.1) is 0 Å². The van der Waals surface area contributed by atoms with Gasteiger partial charge in [-0.2, -0.15) is 4.31 Å². The Morgan fingerprint density at radius 1 is 1.16 bits per heavy atom. The van der Waals surface area contributed by atoms with Crippen molar-refractivity contribution >= 4 is 10.0 Å². The van der Waals surface area contributed by atoms with Gasteiger partial charge >= 0.3 is 0 Å². The lowest BCUT2D eigenvalue weighted by Gasteiger charge is -2.24. The van der Waals surface area contributed by atoms with Crippen molar-refractivity contribution in [2.24, 2.45) is 0 Å². The quantitative estimate of drug-likeness (QED) is 0.872. The molecule has 0 radical (unpaired) electrons. The zero-order chi connectivity index (χ0) is 14.6. The Morgan fingerprint density at radius 3 is 2.05 bits per heavy atom. The summed E-state index contributed by atoms with van der Waals surface area (Å²) >= 11 is 0. The number of hydrogen-bond donors (Lipinski definition) is 1. The van der Waals surface area contributed by atoms with Crippen molar-refractivity contribution in [3.05, 3.63) is 29.8 Å². The van der Waals surface area contributed by atoms with E-state index in [2.05, 4.69) is 5.32 Å². The average Bonchev–Trinajstić information content (AvgIpc) is 2.38. The molecular weight excluding hydrogens is 260 g/mol. The Labute approximate surface area is 116 Å². The van der Waals surface area contributed by atoms with E-state index >= 15 is 0 Å². The minimum absolute atomic E-state index is 0.0362. The molecule has 1 atom stereocenters. The highest BCUT2D eigenvalue weighted by Crippen LogP contribution is 2.20. The first-order chi connectivity index (χ1) is 8.84. The van der Waals surface area contributed by atoms with Crippen molar-refractivity contribution < 1.29 is 8.42 Å². The van der Waals surface area contributed by atoms with Gasteiger partial charge in [0.15, 0.2) is 0 Å². The molecule has 1 unspecified atom stereocenters. The molecular formula is C14H24N2O2S. The van der Waals surface area contributed by atoms with Crippen LogP contribution in [0.2, 0.25) is 0 Å². The molecule has 5 heteroatoms. The maximum absolute atomic E-state index is 12.5. The summed E-state index contributed by atoms with van der Waals surface area (Å²) in [5.41, 5.74) is 1.08. The highest BCUT2D eigenvalue weighted by molar-refractivity contribution is 7.89. The van der Waals surface area contributed by atoms with E-state index in [0.717, 1.165) is 5.56 Å². The van der Waals surface area contributed by atoms with Gasteiger partial charge in [-0.1, -0.05) is 19.1 Å². The van der Waals surface area contributed by atoms with Crippen LogP contribution in [0.15, 0.2) is 29.2 Å². The van der Waals surface area contributed by atoms with Crippen LogP contribution in [0.1, 0.15) is 39.3 Å². The van der Waals surface area contributed by atoms with E-state index < -0.39 is 10.0 Å². The average molecular weight is 284 g/mol. The van der Waals surface area contributed by atoms with E-state index in [4.69, 9.17) is 0 Å². The summed E-state index contributed by atoms with van der Waals surface area (Å²) in [7, 11) is -1.50. The molecule has 0 heterocycles. The fraction of sp³-hybridized carbons (Fsp3) is 0.571. The summed E-state index contributed by atoms with van der Waals surface area (Å²) in [6, 6.07) is 7.27. The zero-order valence-electron chi connectivity index (χ0n) is 12.3. The molecule has 0 fully saturated rings. The summed E-state index contributed by atoms with van der Waals surface area (Å²) < 4.78 is 26.4. The van der Waals surface area contributed by atoms with Crippen molar-refractivity contribution in [3.63, 3.8) is 0 Å². The Kier molecular flexibility index (Phi) is 5.52.